The van der Waals surface area contributed by atoms with Gasteiger partial charge in [0, 0.05) is 9.80 Å². The smallest absolute Gasteiger partial charge is 0.336 e. The fourth-order valence-electron chi connectivity index (χ4n) is 2.19. The first-order chi connectivity index (χ1) is 10.4. The number of hydrogen-bond donors (Lipinski definition) is 2. The van der Waals surface area contributed by atoms with Crippen LogP contribution >= 0.6 is 31.9 Å². The number of hydrogen-bond acceptors (Lipinski definition) is 2. The zero-order valence-electron chi connectivity index (χ0n) is 11.3. The van der Waals surface area contributed by atoms with Crippen molar-refractivity contribution < 1.29 is 19.8 Å². The molecule has 0 saturated carbocycles. The van der Waals surface area contributed by atoms with Crippen molar-refractivity contribution >= 4 is 43.8 Å². The van der Waals surface area contributed by atoms with Crippen LogP contribution in [0.3, 0.4) is 0 Å². The molecule has 2 N–H and O–H groups in total. The summed E-state index contributed by atoms with van der Waals surface area (Å²) in [5.41, 5.74) is 2.59. The largest absolute Gasteiger partial charge is 0.478 e. The molecule has 0 aliphatic carbocycles. The zero-order chi connectivity index (χ0) is 16.3. The SMILES string of the molecule is O=C(O)c1ccc(Cc2cccc(Br)c2CBr)c(C(=O)O)c1. The lowest BCUT2D eigenvalue weighted by atomic mass is 9.95. The molecule has 0 heterocycles. The minimum absolute atomic E-state index is 0.0143. The highest BCUT2D eigenvalue weighted by Crippen LogP contribution is 2.26. The van der Waals surface area contributed by atoms with Crippen molar-refractivity contribution in [2.75, 3.05) is 0 Å². The molecule has 0 aliphatic heterocycles. The van der Waals surface area contributed by atoms with Gasteiger partial charge in [0.2, 0.25) is 0 Å². The van der Waals surface area contributed by atoms with Crippen molar-refractivity contribution in [1.82, 2.24) is 0 Å². The summed E-state index contributed by atoms with van der Waals surface area (Å²) in [5.74, 6) is -2.27. The number of carboxylic acids is 2. The third-order valence-corrected chi connectivity index (χ3v) is 4.62. The van der Waals surface area contributed by atoms with Crippen LogP contribution in [0.2, 0.25) is 0 Å². The molecule has 0 spiro atoms. The second-order valence-electron chi connectivity index (χ2n) is 4.67. The van der Waals surface area contributed by atoms with Gasteiger partial charge in [0.1, 0.15) is 0 Å². The Balaban J connectivity index is 2.48. The Bertz CT molecular complexity index is 741. The molecule has 2 aromatic rings. The molecule has 2 rings (SSSR count). The van der Waals surface area contributed by atoms with Crippen LogP contribution in [0, 0.1) is 0 Å². The van der Waals surface area contributed by atoms with Gasteiger partial charge in [-0.15, -0.1) is 0 Å². The normalized spacial score (nSPS) is 10.5. The molecule has 0 saturated heterocycles. The van der Waals surface area contributed by atoms with E-state index in [0.29, 0.717) is 17.3 Å². The van der Waals surface area contributed by atoms with E-state index >= 15 is 0 Å². The molecular formula is C16H12Br2O4. The third-order valence-electron chi connectivity index (χ3n) is 3.32. The van der Waals surface area contributed by atoms with Crippen LogP contribution in [-0.4, -0.2) is 22.2 Å². The van der Waals surface area contributed by atoms with Crippen molar-refractivity contribution in [2.24, 2.45) is 0 Å². The molecule has 0 aromatic heterocycles. The van der Waals surface area contributed by atoms with Crippen LogP contribution < -0.4 is 0 Å². The topological polar surface area (TPSA) is 74.6 Å². The molecule has 0 bridgehead atoms. The average molecular weight is 428 g/mol. The molecule has 22 heavy (non-hydrogen) atoms. The number of halogens is 2. The molecule has 0 fully saturated rings. The highest BCUT2D eigenvalue weighted by molar-refractivity contribution is 9.10. The molecule has 0 radical (unpaired) electrons. The van der Waals surface area contributed by atoms with E-state index < -0.39 is 11.9 Å². The second kappa shape index (κ2) is 7.07. The third kappa shape index (κ3) is 3.56. The van der Waals surface area contributed by atoms with Crippen molar-refractivity contribution in [3.63, 3.8) is 0 Å². The van der Waals surface area contributed by atoms with Crippen molar-refractivity contribution in [3.05, 3.63) is 68.7 Å². The number of alkyl halides is 1. The predicted octanol–water partition coefficient (Wildman–Crippen LogP) is 4.33. The van der Waals surface area contributed by atoms with Gasteiger partial charge < -0.3 is 10.2 Å². The van der Waals surface area contributed by atoms with Gasteiger partial charge >= 0.3 is 11.9 Å². The summed E-state index contributed by atoms with van der Waals surface area (Å²) in [6.07, 6.45) is 0.419. The van der Waals surface area contributed by atoms with E-state index in [1.54, 1.807) is 6.07 Å². The number of rotatable bonds is 5. The van der Waals surface area contributed by atoms with Gasteiger partial charge in [-0.05, 0) is 41.3 Å². The van der Waals surface area contributed by atoms with Crippen LogP contribution in [0.5, 0.6) is 0 Å². The van der Waals surface area contributed by atoms with E-state index in [2.05, 4.69) is 31.9 Å². The van der Waals surface area contributed by atoms with E-state index in [9.17, 15) is 14.7 Å². The number of carboxylic acid groups (broad SMARTS) is 2. The van der Waals surface area contributed by atoms with Crippen LogP contribution in [0.1, 0.15) is 37.4 Å². The zero-order valence-corrected chi connectivity index (χ0v) is 14.5. The second-order valence-corrected chi connectivity index (χ2v) is 6.09. The molecule has 0 amide bonds. The average Bonchev–Trinajstić information content (AvgIpc) is 2.47. The molecule has 0 atom stereocenters. The van der Waals surface area contributed by atoms with E-state index in [0.717, 1.165) is 15.6 Å². The Kier molecular flexibility index (Phi) is 5.37. The highest BCUT2D eigenvalue weighted by atomic mass is 79.9. The van der Waals surface area contributed by atoms with E-state index in [1.165, 1.54) is 12.1 Å². The van der Waals surface area contributed by atoms with Crippen molar-refractivity contribution in [2.45, 2.75) is 11.8 Å². The lowest BCUT2D eigenvalue weighted by molar-refractivity contribution is 0.0695. The summed E-state index contributed by atoms with van der Waals surface area (Å²) in [4.78, 5) is 22.4. The Labute approximate surface area is 144 Å². The number of aromatic carboxylic acids is 2. The Morgan fingerprint density at radius 2 is 1.73 bits per heavy atom. The van der Waals surface area contributed by atoms with Gasteiger partial charge in [0.15, 0.2) is 0 Å². The van der Waals surface area contributed by atoms with Gasteiger partial charge in [0.05, 0.1) is 11.1 Å². The maximum atomic E-state index is 11.4. The van der Waals surface area contributed by atoms with Crippen LogP contribution in [0.25, 0.3) is 0 Å². The van der Waals surface area contributed by atoms with Crippen LogP contribution in [0.4, 0.5) is 0 Å². The molecule has 6 heteroatoms. The fourth-order valence-corrected chi connectivity index (χ4v) is 3.77. The molecule has 2 aromatic carbocycles. The Morgan fingerprint density at radius 3 is 2.32 bits per heavy atom. The van der Waals surface area contributed by atoms with Crippen LogP contribution in [-0.2, 0) is 11.8 Å². The quantitative estimate of drug-likeness (QED) is 0.696. The summed E-state index contributed by atoms with van der Waals surface area (Å²) >= 11 is 6.90. The van der Waals surface area contributed by atoms with Crippen LogP contribution in [0.15, 0.2) is 40.9 Å². The maximum Gasteiger partial charge on any atom is 0.336 e. The summed E-state index contributed by atoms with van der Waals surface area (Å²) < 4.78 is 0.945. The number of benzene rings is 2. The van der Waals surface area contributed by atoms with Crippen molar-refractivity contribution in [3.8, 4) is 0 Å². The maximum absolute atomic E-state index is 11.4. The fraction of sp³-hybridized carbons (Fsp3) is 0.125. The van der Waals surface area contributed by atoms with Gasteiger partial charge in [-0.1, -0.05) is 50.1 Å². The Hall–Kier alpha value is -1.66. The molecule has 0 unspecified atom stereocenters. The summed E-state index contributed by atoms with van der Waals surface area (Å²) in [5, 5.41) is 18.9. The first-order valence-electron chi connectivity index (χ1n) is 6.35. The molecule has 4 nitrogen and oxygen atoms in total. The molecule has 0 aliphatic rings. The lowest BCUT2D eigenvalue weighted by Gasteiger charge is -2.12. The van der Waals surface area contributed by atoms with Gasteiger partial charge in [-0.25, -0.2) is 9.59 Å². The van der Waals surface area contributed by atoms with E-state index in [4.69, 9.17) is 5.11 Å². The van der Waals surface area contributed by atoms with Gasteiger partial charge in [-0.2, -0.15) is 0 Å². The minimum Gasteiger partial charge on any atom is -0.478 e. The summed E-state index contributed by atoms with van der Waals surface area (Å²) in [6, 6.07) is 9.93. The molecule has 114 valence electrons. The van der Waals surface area contributed by atoms with E-state index in [-0.39, 0.29) is 11.1 Å². The highest BCUT2D eigenvalue weighted by Gasteiger charge is 2.15. The summed E-state index contributed by atoms with van der Waals surface area (Å²) in [6.45, 7) is 0. The first-order valence-corrected chi connectivity index (χ1v) is 8.27. The standard InChI is InChI=1S/C16H12Br2O4/c17-8-13-9(2-1-3-14(13)18)6-10-4-5-11(15(19)20)7-12(10)16(21)22/h1-5,7H,6,8H2,(H,19,20)(H,21,22). The summed E-state index contributed by atoms with van der Waals surface area (Å²) in [7, 11) is 0. The number of carbonyl (C=O) groups is 2. The first kappa shape index (κ1) is 16.7. The van der Waals surface area contributed by atoms with E-state index in [1.807, 2.05) is 18.2 Å². The van der Waals surface area contributed by atoms with Gasteiger partial charge in [-0.3, -0.25) is 0 Å². The Morgan fingerprint density at radius 1 is 1.00 bits per heavy atom. The predicted molar refractivity (Wildman–Crippen MR) is 89.9 cm³/mol. The monoisotopic (exact) mass is 426 g/mol. The van der Waals surface area contributed by atoms with Gasteiger partial charge in [0.25, 0.3) is 0 Å². The lowest BCUT2D eigenvalue weighted by Crippen LogP contribution is -2.07. The van der Waals surface area contributed by atoms with Crippen molar-refractivity contribution in [1.29, 1.82) is 0 Å². The minimum atomic E-state index is -1.14. The molecular weight excluding hydrogens is 416 g/mol.